The number of benzene rings is 1. The molecule has 90 valence electrons. The summed E-state index contributed by atoms with van der Waals surface area (Å²) >= 11 is 1.35. The Bertz CT molecular complexity index is 398. The second-order valence-corrected chi connectivity index (χ2v) is 5.90. The minimum atomic E-state index is -0.101. The Labute approximate surface area is 106 Å². The third-order valence-electron chi connectivity index (χ3n) is 3.75. The van der Waals surface area contributed by atoms with Crippen molar-refractivity contribution < 1.29 is 9.53 Å². The van der Waals surface area contributed by atoms with Crippen molar-refractivity contribution in [3.05, 3.63) is 35.9 Å². The molecule has 2 fully saturated rings. The van der Waals surface area contributed by atoms with Crippen LogP contribution in [-0.4, -0.2) is 11.4 Å². The van der Waals surface area contributed by atoms with E-state index in [0.29, 0.717) is 5.92 Å². The molecule has 1 aliphatic carbocycles. The van der Waals surface area contributed by atoms with Gasteiger partial charge in [0.2, 0.25) is 0 Å². The third kappa shape index (κ3) is 2.21. The lowest BCUT2D eigenvalue weighted by Crippen LogP contribution is -2.22. The first-order chi connectivity index (χ1) is 8.34. The predicted octanol–water partition coefficient (Wildman–Crippen LogP) is 4.17. The van der Waals surface area contributed by atoms with Gasteiger partial charge in [0.15, 0.2) is 0 Å². The van der Waals surface area contributed by atoms with Crippen molar-refractivity contribution in [1.29, 1.82) is 0 Å². The second-order valence-electron chi connectivity index (χ2n) is 4.83. The van der Waals surface area contributed by atoms with Gasteiger partial charge in [0.05, 0.1) is 5.25 Å². The zero-order valence-electron chi connectivity index (χ0n) is 9.67. The number of thioether (sulfide) groups is 1. The molecular weight excluding hydrogens is 232 g/mol. The van der Waals surface area contributed by atoms with Crippen LogP contribution in [0.4, 0.5) is 4.79 Å². The Hall–Kier alpha value is -0.960. The molecule has 2 nitrogen and oxygen atoms in total. The van der Waals surface area contributed by atoms with Crippen LogP contribution in [0.5, 0.6) is 0 Å². The molecule has 1 aromatic carbocycles. The van der Waals surface area contributed by atoms with Crippen LogP contribution < -0.4 is 0 Å². The highest BCUT2D eigenvalue weighted by atomic mass is 32.2. The van der Waals surface area contributed by atoms with E-state index in [9.17, 15) is 4.79 Å². The number of hydrogen-bond acceptors (Lipinski definition) is 3. The zero-order valence-corrected chi connectivity index (χ0v) is 10.5. The average Bonchev–Trinajstić information content (AvgIpc) is 2.98. The molecule has 0 bridgehead atoms. The molecular formula is C14H16O2S. The summed E-state index contributed by atoms with van der Waals surface area (Å²) in [7, 11) is 0. The molecule has 2 aliphatic rings. The van der Waals surface area contributed by atoms with Gasteiger partial charge in [0.1, 0.15) is 6.10 Å². The highest BCUT2D eigenvalue weighted by Crippen LogP contribution is 2.47. The summed E-state index contributed by atoms with van der Waals surface area (Å²) in [4.78, 5) is 11.5. The van der Waals surface area contributed by atoms with E-state index in [4.69, 9.17) is 4.74 Å². The first-order valence-corrected chi connectivity index (χ1v) is 7.15. The molecule has 1 heterocycles. The number of ether oxygens (including phenoxy) is 1. The van der Waals surface area contributed by atoms with Crippen molar-refractivity contribution in [2.75, 3.05) is 0 Å². The first-order valence-electron chi connectivity index (χ1n) is 6.27. The van der Waals surface area contributed by atoms with Gasteiger partial charge in [0, 0.05) is 0 Å². The summed E-state index contributed by atoms with van der Waals surface area (Å²) in [6.07, 6.45) is 5.08. The molecule has 1 saturated carbocycles. The van der Waals surface area contributed by atoms with Gasteiger partial charge in [-0.3, -0.25) is 0 Å². The number of carbonyl (C=O) groups is 1. The lowest BCUT2D eigenvalue weighted by Gasteiger charge is -2.22. The van der Waals surface area contributed by atoms with Crippen molar-refractivity contribution >= 4 is 17.1 Å². The topological polar surface area (TPSA) is 26.3 Å². The van der Waals surface area contributed by atoms with Crippen molar-refractivity contribution in [2.45, 2.75) is 37.0 Å². The van der Waals surface area contributed by atoms with Crippen LogP contribution in [0, 0.1) is 5.92 Å². The molecule has 1 aromatic rings. The average molecular weight is 248 g/mol. The van der Waals surface area contributed by atoms with Gasteiger partial charge >= 0.3 is 5.30 Å². The van der Waals surface area contributed by atoms with Crippen LogP contribution in [-0.2, 0) is 4.74 Å². The first kappa shape index (κ1) is 11.1. The van der Waals surface area contributed by atoms with Crippen molar-refractivity contribution in [1.82, 2.24) is 0 Å². The van der Waals surface area contributed by atoms with Gasteiger partial charge in [-0.25, -0.2) is 4.79 Å². The highest BCUT2D eigenvalue weighted by Gasteiger charge is 2.42. The number of carbonyl (C=O) groups excluding carboxylic acids is 1. The molecule has 1 saturated heterocycles. The van der Waals surface area contributed by atoms with E-state index in [2.05, 4.69) is 12.1 Å². The summed E-state index contributed by atoms with van der Waals surface area (Å²) in [6, 6.07) is 10.3. The van der Waals surface area contributed by atoms with E-state index in [0.717, 1.165) is 0 Å². The van der Waals surface area contributed by atoms with Crippen LogP contribution in [0.1, 0.15) is 36.5 Å². The van der Waals surface area contributed by atoms with Crippen LogP contribution in [0.2, 0.25) is 0 Å². The minimum absolute atomic E-state index is 0.0948. The van der Waals surface area contributed by atoms with E-state index in [1.54, 1.807) is 0 Å². The van der Waals surface area contributed by atoms with Crippen LogP contribution in [0.15, 0.2) is 30.3 Å². The van der Waals surface area contributed by atoms with Gasteiger partial charge < -0.3 is 4.74 Å². The minimum Gasteiger partial charge on any atom is -0.452 e. The fourth-order valence-electron chi connectivity index (χ4n) is 2.90. The summed E-state index contributed by atoms with van der Waals surface area (Å²) in [5.41, 5.74) is 1.22. The maximum absolute atomic E-state index is 11.5. The van der Waals surface area contributed by atoms with Crippen LogP contribution in [0.25, 0.3) is 0 Å². The summed E-state index contributed by atoms with van der Waals surface area (Å²) in [5.74, 6) is 0.569. The van der Waals surface area contributed by atoms with E-state index in [-0.39, 0.29) is 16.7 Å². The van der Waals surface area contributed by atoms with Crippen molar-refractivity contribution in [2.24, 2.45) is 5.92 Å². The standard InChI is InChI=1S/C14H16O2S/c15-14-16-12(10-6-4-5-7-10)13(17-14)11-8-2-1-3-9-11/h1-3,8-10,12-13H,4-7H2/t12-,13+/m1/s1. The maximum atomic E-state index is 11.5. The highest BCUT2D eigenvalue weighted by molar-refractivity contribution is 8.13. The fourth-order valence-corrected chi connectivity index (χ4v) is 3.98. The van der Waals surface area contributed by atoms with Crippen LogP contribution >= 0.6 is 11.8 Å². The molecule has 0 aromatic heterocycles. The predicted molar refractivity (Wildman–Crippen MR) is 69.0 cm³/mol. The number of rotatable bonds is 2. The number of hydrogen-bond donors (Lipinski definition) is 0. The van der Waals surface area contributed by atoms with Gasteiger partial charge in [-0.1, -0.05) is 43.2 Å². The largest absolute Gasteiger partial charge is 0.452 e. The molecule has 0 spiro atoms. The Kier molecular flexibility index (Phi) is 3.10. The van der Waals surface area contributed by atoms with Crippen molar-refractivity contribution in [3.63, 3.8) is 0 Å². The molecule has 0 unspecified atom stereocenters. The van der Waals surface area contributed by atoms with Crippen molar-refractivity contribution in [3.8, 4) is 0 Å². The van der Waals surface area contributed by atoms with Gasteiger partial charge in [-0.2, -0.15) is 0 Å². The van der Waals surface area contributed by atoms with Gasteiger partial charge in [0.25, 0.3) is 0 Å². The van der Waals surface area contributed by atoms with Crippen LogP contribution in [0.3, 0.4) is 0 Å². The molecule has 1 aliphatic heterocycles. The van der Waals surface area contributed by atoms with Gasteiger partial charge in [-0.05, 0) is 36.1 Å². The molecule has 0 amide bonds. The smallest absolute Gasteiger partial charge is 0.368 e. The molecule has 2 atom stereocenters. The fraction of sp³-hybridized carbons (Fsp3) is 0.500. The Morgan fingerprint density at radius 3 is 2.53 bits per heavy atom. The normalized spacial score (nSPS) is 29.5. The lowest BCUT2D eigenvalue weighted by molar-refractivity contribution is 0.0924. The van der Waals surface area contributed by atoms with E-state index >= 15 is 0 Å². The monoisotopic (exact) mass is 248 g/mol. The lowest BCUT2D eigenvalue weighted by atomic mass is 9.94. The Morgan fingerprint density at radius 1 is 1.12 bits per heavy atom. The molecule has 17 heavy (non-hydrogen) atoms. The van der Waals surface area contributed by atoms with E-state index < -0.39 is 0 Å². The molecule has 0 N–H and O–H groups in total. The zero-order chi connectivity index (χ0) is 11.7. The maximum Gasteiger partial charge on any atom is 0.368 e. The van der Waals surface area contributed by atoms with Gasteiger partial charge in [-0.15, -0.1) is 0 Å². The Balaban J connectivity index is 1.84. The number of cyclic esters (lactones) is 1. The summed E-state index contributed by atoms with van der Waals surface area (Å²) in [6.45, 7) is 0. The summed E-state index contributed by atoms with van der Waals surface area (Å²) in [5, 5.41) is 0.0996. The SMILES string of the molecule is O=C1O[C@H](C2CCCC2)[C@H](c2ccccc2)S1. The third-order valence-corrected chi connectivity index (χ3v) is 4.83. The Morgan fingerprint density at radius 2 is 1.82 bits per heavy atom. The molecule has 0 radical (unpaired) electrons. The van der Waals surface area contributed by atoms with E-state index in [1.807, 2.05) is 18.2 Å². The second kappa shape index (κ2) is 4.73. The molecule has 3 heteroatoms. The summed E-state index contributed by atoms with van der Waals surface area (Å²) < 4.78 is 5.54. The van der Waals surface area contributed by atoms with E-state index in [1.165, 1.54) is 43.0 Å². The molecule has 3 rings (SSSR count). The quantitative estimate of drug-likeness (QED) is 0.735.